The third kappa shape index (κ3) is 4.07. The van der Waals surface area contributed by atoms with Crippen LogP contribution in [0.15, 0.2) is 6.07 Å². The van der Waals surface area contributed by atoms with Gasteiger partial charge in [0.05, 0.1) is 25.3 Å². The summed E-state index contributed by atoms with van der Waals surface area (Å²) in [5.74, 6) is -1.00. The first-order chi connectivity index (χ1) is 15.8. The molecule has 5 rings (SSSR count). The Balaban J connectivity index is 1.29. The van der Waals surface area contributed by atoms with Crippen molar-refractivity contribution in [3.63, 3.8) is 0 Å². The normalized spacial score (nSPS) is 28.9. The Kier molecular flexibility index (Phi) is 5.97. The fraction of sp³-hybridized carbons (Fsp3) is 0.783. The number of aromatic nitrogens is 2. The summed E-state index contributed by atoms with van der Waals surface area (Å²) < 4.78 is 13.3. The Morgan fingerprint density at radius 1 is 1.21 bits per heavy atom. The van der Waals surface area contributed by atoms with Gasteiger partial charge < -0.3 is 24.4 Å². The average molecular weight is 462 g/mol. The summed E-state index contributed by atoms with van der Waals surface area (Å²) in [5, 5.41) is 18.8. The van der Waals surface area contributed by atoms with Gasteiger partial charge in [-0.15, -0.1) is 0 Å². The maximum absolute atomic E-state index is 13.2. The number of aliphatic hydroxyl groups is 1. The fourth-order valence-corrected chi connectivity index (χ4v) is 5.51. The number of likely N-dealkylation sites (N-methyl/N-ethyl adjacent to an activating group) is 1. The number of carbonyl (C=O) groups is 2. The van der Waals surface area contributed by atoms with E-state index in [1.54, 1.807) is 27.6 Å². The molecule has 3 aliphatic heterocycles. The Hall–Kier alpha value is -2.01. The van der Waals surface area contributed by atoms with E-state index in [-0.39, 0.29) is 23.6 Å². The molecule has 2 unspecified atom stereocenters. The summed E-state index contributed by atoms with van der Waals surface area (Å²) in [6.07, 6.45) is 5.64. The molecule has 2 saturated heterocycles. The quantitative estimate of drug-likeness (QED) is 0.643. The lowest BCUT2D eigenvalue weighted by Gasteiger charge is -2.46. The van der Waals surface area contributed by atoms with Gasteiger partial charge in [0.25, 0.3) is 11.8 Å². The largest absolute Gasteiger partial charge is 0.376 e. The van der Waals surface area contributed by atoms with Gasteiger partial charge in [-0.25, -0.2) is 0 Å². The maximum atomic E-state index is 13.2. The number of piperidine rings is 1. The molecule has 2 N–H and O–H groups in total. The number of aliphatic hydroxyl groups excluding tert-OH is 1. The number of likely N-dealkylation sites (tertiary alicyclic amines) is 1. The summed E-state index contributed by atoms with van der Waals surface area (Å²) in [7, 11) is 1.70. The van der Waals surface area contributed by atoms with E-state index in [0.717, 1.165) is 32.1 Å². The highest BCUT2D eigenvalue weighted by atomic mass is 16.7. The van der Waals surface area contributed by atoms with Gasteiger partial charge in [-0.3, -0.25) is 19.6 Å². The second kappa shape index (κ2) is 8.65. The van der Waals surface area contributed by atoms with Crippen LogP contribution >= 0.6 is 0 Å². The van der Waals surface area contributed by atoms with Crippen LogP contribution in [0, 0.1) is 0 Å². The molecule has 0 aromatic carbocycles. The van der Waals surface area contributed by atoms with Crippen molar-refractivity contribution in [2.24, 2.45) is 0 Å². The van der Waals surface area contributed by atoms with Crippen LogP contribution in [-0.4, -0.2) is 93.4 Å². The zero-order valence-electron chi connectivity index (χ0n) is 19.6. The number of amides is 2. The highest BCUT2D eigenvalue weighted by Crippen LogP contribution is 2.32. The first kappa shape index (κ1) is 22.8. The Labute approximate surface area is 194 Å². The van der Waals surface area contributed by atoms with Crippen molar-refractivity contribution in [1.82, 2.24) is 24.9 Å². The standard InChI is InChI=1S/C23H35N5O5/c1-22(21(31)24-16-6-3-4-7-16)15-28-18(20(30)26(22)2)14-17(25-28)19(29)27-10-8-23(9-11-27)32-12-5-13-33-23/h14,16,21,24,31H,3-13,15H2,1-2H3. The van der Waals surface area contributed by atoms with E-state index in [9.17, 15) is 14.7 Å². The lowest BCUT2D eigenvalue weighted by atomic mass is 9.94. The first-order valence-corrected chi connectivity index (χ1v) is 12.2. The Morgan fingerprint density at radius 2 is 1.88 bits per heavy atom. The highest BCUT2D eigenvalue weighted by Gasteiger charge is 2.47. The van der Waals surface area contributed by atoms with Crippen molar-refractivity contribution < 1.29 is 24.2 Å². The molecule has 1 aromatic heterocycles. The molecule has 4 aliphatic rings. The predicted octanol–water partition coefficient (Wildman–Crippen LogP) is 0.947. The van der Waals surface area contributed by atoms with Crippen molar-refractivity contribution >= 4 is 11.8 Å². The van der Waals surface area contributed by atoms with Crippen molar-refractivity contribution in [2.75, 3.05) is 33.4 Å². The number of nitrogens with one attached hydrogen (secondary N) is 1. The van der Waals surface area contributed by atoms with Gasteiger partial charge in [-0.1, -0.05) is 12.8 Å². The third-order valence-corrected chi connectivity index (χ3v) is 7.93. The molecule has 33 heavy (non-hydrogen) atoms. The summed E-state index contributed by atoms with van der Waals surface area (Å²) in [6, 6.07) is 1.84. The molecule has 4 heterocycles. The molecule has 1 aromatic rings. The zero-order valence-corrected chi connectivity index (χ0v) is 19.6. The van der Waals surface area contributed by atoms with Crippen LogP contribution < -0.4 is 5.32 Å². The van der Waals surface area contributed by atoms with Crippen LogP contribution in [0.3, 0.4) is 0 Å². The molecule has 10 heteroatoms. The summed E-state index contributed by atoms with van der Waals surface area (Å²) in [4.78, 5) is 29.7. The third-order valence-electron chi connectivity index (χ3n) is 7.93. The molecule has 0 bridgehead atoms. The summed E-state index contributed by atoms with van der Waals surface area (Å²) >= 11 is 0. The minimum absolute atomic E-state index is 0.190. The second-order valence-electron chi connectivity index (χ2n) is 10.1. The fourth-order valence-electron chi connectivity index (χ4n) is 5.51. The molecular formula is C23H35N5O5. The number of nitrogens with zero attached hydrogens (tertiary/aromatic N) is 4. The second-order valence-corrected chi connectivity index (χ2v) is 10.1. The van der Waals surface area contributed by atoms with Crippen molar-refractivity contribution in [1.29, 1.82) is 0 Å². The van der Waals surface area contributed by atoms with E-state index in [0.29, 0.717) is 51.4 Å². The highest BCUT2D eigenvalue weighted by molar-refractivity contribution is 5.98. The van der Waals surface area contributed by atoms with Crippen molar-refractivity contribution in [3.05, 3.63) is 17.5 Å². The Morgan fingerprint density at radius 3 is 2.55 bits per heavy atom. The van der Waals surface area contributed by atoms with E-state index in [2.05, 4.69) is 10.4 Å². The molecular weight excluding hydrogens is 426 g/mol. The lowest BCUT2D eigenvalue weighted by Crippen LogP contribution is -2.65. The van der Waals surface area contributed by atoms with Gasteiger partial charge in [0.1, 0.15) is 11.9 Å². The molecule has 1 spiro atoms. The van der Waals surface area contributed by atoms with E-state index in [1.165, 1.54) is 0 Å². The van der Waals surface area contributed by atoms with Crippen LogP contribution in [0.2, 0.25) is 0 Å². The SMILES string of the molecule is CN1C(=O)c2cc(C(=O)N3CCC4(CC3)OCCCO4)nn2CC1(C)C(O)NC1CCCC1. The Bertz CT molecular complexity index is 897. The van der Waals surface area contributed by atoms with Crippen LogP contribution in [0.1, 0.15) is 72.8 Å². The number of carbonyl (C=O) groups excluding carboxylic acids is 2. The van der Waals surface area contributed by atoms with Crippen molar-refractivity contribution in [2.45, 2.75) is 82.0 Å². The molecule has 2 amide bonds. The average Bonchev–Trinajstić information content (AvgIpc) is 3.48. The lowest BCUT2D eigenvalue weighted by molar-refractivity contribution is -0.281. The minimum atomic E-state index is -0.889. The topological polar surface area (TPSA) is 109 Å². The number of hydrogen-bond acceptors (Lipinski definition) is 7. The zero-order chi connectivity index (χ0) is 23.2. The molecule has 182 valence electrons. The number of hydrogen-bond donors (Lipinski definition) is 2. The van der Waals surface area contributed by atoms with E-state index < -0.39 is 17.6 Å². The molecule has 3 fully saturated rings. The van der Waals surface area contributed by atoms with Crippen LogP contribution in [0.25, 0.3) is 0 Å². The van der Waals surface area contributed by atoms with E-state index >= 15 is 0 Å². The number of fused-ring (bicyclic) bond motifs is 1. The molecule has 1 saturated carbocycles. The monoisotopic (exact) mass is 461 g/mol. The van der Waals surface area contributed by atoms with Crippen LogP contribution in [0.5, 0.6) is 0 Å². The van der Waals surface area contributed by atoms with Gasteiger partial charge in [0, 0.05) is 45.1 Å². The van der Waals surface area contributed by atoms with E-state index in [4.69, 9.17) is 9.47 Å². The number of ether oxygens (including phenoxy) is 2. The van der Waals surface area contributed by atoms with Crippen molar-refractivity contribution in [3.8, 4) is 0 Å². The smallest absolute Gasteiger partial charge is 0.274 e. The molecule has 10 nitrogen and oxygen atoms in total. The van der Waals surface area contributed by atoms with Crippen LogP contribution in [-0.2, 0) is 16.0 Å². The minimum Gasteiger partial charge on any atom is -0.376 e. The molecule has 1 aliphatic carbocycles. The number of rotatable bonds is 4. The summed E-state index contributed by atoms with van der Waals surface area (Å²) in [6.45, 7) is 4.60. The predicted molar refractivity (Wildman–Crippen MR) is 119 cm³/mol. The van der Waals surface area contributed by atoms with Gasteiger partial charge in [-0.2, -0.15) is 5.10 Å². The summed E-state index contributed by atoms with van der Waals surface area (Å²) in [5.41, 5.74) is -0.235. The maximum Gasteiger partial charge on any atom is 0.274 e. The molecule has 2 atom stereocenters. The van der Waals surface area contributed by atoms with E-state index in [1.807, 2.05) is 6.92 Å². The van der Waals surface area contributed by atoms with Gasteiger partial charge in [0.15, 0.2) is 11.5 Å². The van der Waals surface area contributed by atoms with Gasteiger partial charge in [-0.05, 0) is 26.2 Å². The molecule has 0 radical (unpaired) electrons. The van der Waals surface area contributed by atoms with Gasteiger partial charge >= 0.3 is 0 Å². The van der Waals surface area contributed by atoms with Crippen LogP contribution in [0.4, 0.5) is 0 Å². The first-order valence-electron chi connectivity index (χ1n) is 12.2. The van der Waals surface area contributed by atoms with Gasteiger partial charge in [0.2, 0.25) is 0 Å².